The molecule has 0 aliphatic carbocycles. The summed E-state index contributed by atoms with van der Waals surface area (Å²) < 4.78 is 2.27. The van der Waals surface area contributed by atoms with E-state index in [2.05, 4.69) is 23.4 Å². The van der Waals surface area contributed by atoms with Crippen LogP contribution in [0.15, 0.2) is 12.1 Å². The highest BCUT2D eigenvalue weighted by Crippen LogP contribution is 2.31. The molecule has 0 fully saturated rings. The first-order chi connectivity index (χ1) is 10.1. The second-order valence-corrected chi connectivity index (χ2v) is 6.63. The molecule has 116 valence electrons. The standard InChI is InChI=1S/C16H21Cl3N2/c1-3-4-5-6-11(2)21-15-10-13(19)12(18)9-14(15)20-16(21)7-8-17/h9-11H,3-8H2,1-2H3. The summed E-state index contributed by atoms with van der Waals surface area (Å²) in [4.78, 5) is 4.69. The van der Waals surface area contributed by atoms with E-state index in [0.717, 1.165) is 29.7 Å². The van der Waals surface area contributed by atoms with Gasteiger partial charge in [0.2, 0.25) is 0 Å². The fourth-order valence-electron chi connectivity index (χ4n) is 2.71. The highest BCUT2D eigenvalue weighted by Gasteiger charge is 2.17. The molecule has 0 aliphatic heterocycles. The smallest absolute Gasteiger partial charge is 0.111 e. The van der Waals surface area contributed by atoms with Crippen LogP contribution in [0, 0.1) is 0 Å². The number of rotatable bonds is 7. The lowest BCUT2D eigenvalue weighted by molar-refractivity contribution is 0.474. The van der Waals surface area contributed by atoms with Gasteiger partial charge in [0.15, 0.2) is 0 Å². The number of fused-ring (bicyclic) bond motifs is 1. The van der Waals surface area contributed by atoms with Gasteiger partial charge in [0.05, 0.1) is 21.1 Å². The van der Waals surface area contributed by atoms with Gasteiger partial charge in [-0.3, -0.25) is 0 Å². The number of aryl methyl sites for hydroxylation is 1. The monoisotopic (exact) mass is 346 g/mol. The molecule has 0 bridgehead atoms. The molecule has 2 aromatic rings. The normalized spacial score (nSPS) is 13.0. The van der Waals surface area contributed by atoms with Crippen molar-refractivity contribution in [1.29, 1.82) is 0 Å². The number of hydrogen-bond acceptors (Lipinski definition) is 1. The van der Waals surface area contributed by atoms with Gasteiger partial charge in [-0.25, -0.2) is 4.98 Å². The van der Waals surface area contributed by atoms with E-state index >= 15 is 0 Å². The molecule has 0 spiro atoms. The van der Waals surface area contributed by atoms with Gasteiger partial charge in [-0.15, -0.1) is 11.6 Å². The zero-order chi connectivity index (χ0) is 15.4. The second kappa shape index (κ2) is 7.71. The summed E-state index contributed by atoms with van der Waals surface area (Å²) >= 11 is 18.2. The van der Waals surface area contributed by atoms with Crippen LogP contribution in [-0.4, -0.2) is 15.4 Å². The minimum atomic E-state index is 0.386. The molecule has 2 nitrogen and oxygen atoms in total. The summed E-state index contributed by atoms with van der Waals surface area (Å²) in [7, 11) is 0. The molecule has 0 saturated carbocycles. The van der Waals surface area contributed by atoms with E-state index in [0.29, 0.717) is 22.0 Å². The molecule has 0 saturated heterocycles. The van der Waals surface area contributed by atoms with Crippen LogP contribution in [0.5, 0.6) is 0 Å². The minimum Gasteiger partial charge on any atom is -0.325 e. The van der Waals surface area contributed by atoms with Gasteiger partial charge in [-0.1, -0.05) is 49.4 Å². The average Bonchev–Trinajstić information content (AvgIpc) is 2.77. The lowest BCUT2D eigenvalue weighted by Crippen LogP contribution is -2.10. The van der Waals surface area contributed by atoms with E-state index in [1.54, 1.807) is 0 Å². The number of halogens is 3. The highest BCUT2D eigenvalue weighted by molar-refractivity contribution is 6.42. The van der Waals surface area contributed by atoms with E-state index in [1.165, 1.54) is 19.3 Å². The molecule has 1 heterocycles. The van der Waals surface area contributed by atoms with Crippen molar-refractivity contribution in [3.63, 3.8) is 0 Å². The number of hydrogen-bond donors (Lipinski definition) is 0. The number of nitrogens with zero attached hydrogens (tertiary/aromatic N) is 2. The Morgan fingerprint density at radius 1 is 1.19 bits per heavy atom. The Bertz CT molecular complexity index is 607. The Labute approximate surface area is 141 Å². The summed E-state index contributed by atoms with van der Waals surface area (Å²) in [5.74, 6) is 1.58. The van der Waals surface area contributed by atoms with Crippen LogP contribution in [0.1, 0.15) is 51.4 Å². The van der Waals surface area contributed by atoms with Gasteiger partial charge in [0.25, 0.3) is 0 Å². The van der Waals surface area contributed by atoms with Gasteiger partial charge < -0.3 is 4.57 Å². The molecule has 0 aliphatic rings. The predicted molar refractivity (Wildman–Crippen MR) is 93.0 cm³/mol. The molecule has 1 aromatic carbocycles. The number of benzene rings is 1. The maximum Gasteiger partial charge on any atom is 0.111 e. The van der Waals surface area contributed by atoms with Crippen LogP contribution in [-0.2, 0) is 6.42 Å². The summed E-state index contributed by atoms with van der Waals surface area (Å²) in [6.07, 6.45) is 5.60. The lowest BCUT2D eigenvalue weighted by atomic mass is 10.1. The second-order valence-electron chi connectivity index (χ2n) is 5.44. The SMILES string of the molecule is CCCCCC(C)n1c(CCCl)nc2cc(Cl)c(Cl)cc21. The molecule has 0 N–H and O–H groups in total. The van der Waals surface area contributed by atoms with Crippen molar-refractivity contribution in [2.24, 2.45) is 0 Å². The van der Waals surface area contributed by atoms with Crippen LogP contribution in [0.4, 0.5) is 0 Å². The Hall–Kier alpha value is -0.440. The first-order valence-corrected chi connectivity index (χ1v) is 8.79. The van der Waals surface area contributed by atoms with Crippen molar-refractivity contribution >= 4 is 45.8 Å². The van der Waals surface area contributed by atoms with Gasteiger partial charge in [-0.2, -0.15) is 0 Å². The molecule has 1 aromatic heterocycles. The van der Waals surface area contributed by atoms with E-state index < -0.39 is 0 Å². The largest absolute Gasteiger partial charge is 0.325 e. The molecule has 21 heavy (non-hydrogen) atoms. The fourth-order valence-corrected chi connectivity index (χ4v) is 3.20. The molecular weight excluding hydrogens is 327 g/mol. The zero-order valence-electron chi connectivity index (χ0n) is 12.5. The van der Waals surface area contributed by atoms with E-state index in [1.807, 2.05) is 12.1 Å². The molecule has 2 rings (SSSR count). The molecule has 0 amide bonds. The third-order valence-electron chi connectivity index (χ3n) is 3.79. The maximum atomic E-state index is 6.18. The lowest BCUT2D eigenvalue weighted by Gasteiger charge is -2.17. The van der Waals surface area contributed by atoms with Crippen molar-refractivity contribution in [2.75, 3.05) is 5.88 Å². The van der Waals surface area contributed by atoms with E-state index in [4.69, 9.17) is 34.8 Å². The van der Waals surface area contributed by atoms with Gasteiger partial charge in [0, 0.05) is 18.3 Å². The molecular formula is C16H21Cl3N2. The van der Waals surface area contributed by atoms with Crippen LogP contribution >= 0.6 is 34.8 Å². The van der Waals surface area contributed by atoms with Gasteiger partial charge in [-0.05, 0) is 25.5 Å². The number of aromatic nitrogens is 2. The van der Waals surface area contributed by atoms with Crippen molar-refractivity contribution in [3.8, 4) is 0 Å². The molecule has 0 radical (unpaired) electrons. The molecule has 5 heteroatoms. The summed E-state index contributed by atoms with van der Waals surface area (Å²) in [6.45, 7) is 4.45. The van der Waals surface area contributed by atoms with Crippen LogP contribution in [0.25, 0.3) is 11.0 Å². The summed E-state index contributed by atoms with van der Waals surface area (Å²) in [5.41, 5.74) is 1.94. The average molecular weight is 348 g/mol. The summed E-state index contributed by atoms with van der Waals surface area (Å²) in [5, 5.41) is 1.12. The van der Waals surface area contributed by atoms with Crippen LogP contribution < -0.4 is 0 Å². The van der Waals surface area contributed by atoms with Crippen molar-refractivity contribution < 1.29 is 0 Å². The number of alkyl halides is 1. The van der Waals surface area contributed by atoms with Crippen molar-refractivity contribution in [3.05, 3.63) is 28.0 Å². The van der Waals surface area contributed by atoms with Gasteiger partial charge >= 0.3 is 0 Å². The van der Waals surface area contributed by atoms with Crippen molar-refractivity contribution in [1.82, 2.24) is 9.55 Å². The zero-order valence-corrected chi connectivity index (χ0v) is 14.8. The molecule has 1 atom stereocenters. The number of imidazole rings is 1. The Balaban J connectivity index is 2.42. The highest BCUT2D eigenvalue weighted by atomic mass is 35.5. The van der Waals surface area contributed by atoms with Crippen LogP contribution in [0.2, 0.25) is 10.0 Å². The molecule has 1 unspecified atom stereocenters. The van der Waals surface area contributed by atoms with Crippen molar-refractivity contribution in [2.45, 2.75) is 52.0 Å². The summed E-state index contributed by atoms with van der Waals surface area (Å²) in [6, 6.07) is 4.14. The van der Waals surface area contributed by atoms with Gasteiger partial charge in [0.1, 0.15) is 5.82 Å². The topological polar surface area (TPSA) is 17.8 Å². The third-order valence-corrected chi connectivity index (χ3v) is 4.70. The van der Waals surface area contributed by atoms with Crippen LogP contribution in [0.3, 0.4) is 0 Å². The Kier molecular flexibility index (Phi) is 6.21. The van der Waals surface area contributed by atoms with E-state index in [-0.39, 0.29) is 0 Å². The van der Waals surface area contributed by atoms with E-state index in [9.17, 15) is 0 Å². The minimum absolute atomic E-state index is 0.386. The fraction of sp³-hybridized carbons (Fsp3) is 0.562. The Morgan fingerprint density at radius 3 is 2.57 bits per heavy atom. The first kappa shape index (κ1) is 16.9. The maximum absolute atomic E-state index is 6.18. The quantitative estimate of drug-likeness (QED) is 0.426. The Morgan fingerprint density at radius 2 is 1.90 bits per heavy atom. The third kappa shape index (κ3) is 3.85. The first-order valence-electron chi connectivity index (χ1n) is 7.50. The predicted octanol–water partition coefficient (Wildman–Crippen LogP) is 6.27. The number of unbranched alkanes of at least 4 members (excludes halogenated alkanes) is 2.